The van der Waals surface area contributed by atoms with Gasteiger partial charge in [0.2, 0.25) is 10.0 Å². The van der Waals surface area contributed by atoms with Gasteiger partial charge in [-0.3, -0.25) is 0 Å². The largest absolute Gasteiger partial charge is 0.313 e. The molecule has 1 aromatic rings. The molecule has 0 unspecified atom stereocenters. The number of likely N-dealkylation sites (N-methyl/N-ethyl adjacent to an activating group) is 1. The first kappa shape index (κ1) is 13.4. The molecule has 0 aliphatic carbocycles. The molecule has 0 spiro atoms. The Hall–Kier alpha value is -1.05. The number of sulfonamides is 1. The van der Waals surface area contributed by atoms with Crippen LogP contribution < -0.4 is 5.32 Å². The molecule has 1 aliphatic heterocycles. The number of nitrogens with one attached hydrogen (secondary N) is 1. The molecule has 100 valence electrons. The first-order valence-electron chi connectivity index (χ1n) is 5.64. The fraction of sp³-hybridized carbons (Fsp3) is 0.455. The topological polar surface area (TPSA) is 49.4 Å². The monoisotopic (exact) mass is 276 g/mol. The molecule has 1 N–H and O–H groups in total. The van der Waals surface area contributed by atoms with Gasteiger partial charge in [0, 0.05) is 31.7 Å². The lowest BCUT2D eigenvalue weighted by molar-refractivity contribution is 0.249. The van der Waals surface area contributed by atoms with Crippen LogP contribution in [0.1, 0.15) is 6.92 Å². The van der Waals surface area contributed by atoms with E-state index in [0.717, 1.165) is 12.1 Å². The van der Waals surface area contributed by atoms with Gasteiger partial charge < -0.3 is 5.32 Å². The zero-order chi connectivity index (χ0) is 13.3. The predicted octanol–water partition coefficient (Wildman–Crippen LogP) is 0.947. The van der Waals surface area contributed by atoms with E-state index in [-0.39, 0.29) is 17.5 Å². The molecule has 1 fully saturated rings. The van der Waals surface area contributed by atoms with Gasteiger partial charge in [0.05, 0.1) is 4.90 Å². The summed E-state index contributed by atoms with van der Waals surface area (Å²) in [5.74, 6) is -1.78. The maximum Gasteiger partial charge on any atom is 0.243 e. The highest BCUT2D eigenvalue weighted by Crippen LogP contribution is 2.21. The summed E-state index contributed by atoms with van der Waals surface area (Å²) in [6, 6.07) is 2.19. The van der Waals surface area contributed by atoms with Crippen LogP contribution in [0.15, 0.2) is 23.1 Å². The summed E-state index contributed by atoms with van der Waals surface area (Å²) < 4.78 is 52.0. The fourth-order valence-electron chi connectivity index (χ4n) is 1.91. The Labute approximate surface area is 105 Å². The van der Waals surface area contributed by atoms with E-state index >= 15 is 0 Å². The first-order valence-corrected chi connectivity index (χ1v) is 7.08. The lowest BCUT2D eigenvalue weighted by atomic mass is 10.2. The lowest BCUT2D eigenvalue weighted by Crippen LogP contribution is -2.58. The van der Waals surface area contributed by atoms with E-state index in [2.05, 4.69) is 5.32 Å². The van der Waals surface area contributed by atoms with Crippen molar-refractivity contribution in [3.05, 3.63) is 29.8 Å². The van der Waals surface area contributed by atoms with Gasteiger partial charge in [0.25, 0.3) is 0 Å². The van der Waals surface area contributed by atoms with Gasteiger partial charge in [0.15, 0.2) is 0 Å². The van der Waals surface area contributed by atoms with Crippen LogP contribution in [0.5, 0.6) is 0 Å². The Kier molecular flexibility index (Phi) is 3.65. The van der Waals surface area contributed by atoms with Gasteiger partial charge in [-0.1, -0.05) is 6.92 Å². The van der Waals surface area contributed by atoms with Crippen molar-refractivity contribution in [2.45, 2.75) is 17.9 Å². The molecular weight excluding hydrogens is 262 g/mol. The molecule has 0 amide bonds. The summed E-state index contributed by atoms with van der Waals surface area (Å²) in [7, 11) is -3.84. The van der Waals surface area contributed by atoms with Crippen molar-refractivity contribution in [2.24, 2.45) is 0 Å². The molecule has 0 atom stereocenters. The SMILES string of the molecule is CCN(C1CNC1)S(=O)(=O)c1cc(F)cc(F)c1. The van der Waals surface area contributed by atoms with E-state index in [1.165, 1.54) is 4.31 Å². The molecule has 0 aromatic heterocycles. The second kappa shape index (κ2) is 4.91. The number of nitrogens with zero attached hydrogens (tertiary/aromatic N) is 1. The number of halogens is 2. The lowest BCUT2D eigenvalue weighted by Gasteiger charge is -2.36. The minimum absolute atomic E-state index is 0.147. The van der Waals surface area contributed by atoms with E-state index in [1.807, 2.05) is 0 Å². The highest BCUT2D eigenvalue weighted by atomic mass is 32.2. The van der Waals surface area contributed by atoms with E-state index in [9.17, 15) is 17.2 Å². The molecule has 7 heteroatoms. The minimum atomic E-state index is -3.84. The van der Waals surface area contributed by atoms with E-state index in [1.54, 1.807) is 6.92 Å². The van der Waals surface area contributed by atoms with Crippen LogP contribution >= 0.6 is 0 Å². The van der Waals surface area contributed by atoms with Crippen LogP contribution in [0.25, 0.3) is 0 Å². The smallest absolute Gasteiger partial charge is 0.243 e. The third kappa shape index (κ3) is 2.38. The van der Waals surface area contributed by atoms with Crippen molar-refractivity contribution in [1.29, 1.82) is 0 Å². The summed E-state index contributed by atoms with van der Waals surface area (Å²) in [6.07, 6.45) is 0. The average molecular weight is 276 g/mol. The Balaban J connectivity index is 2.39. The van der Waals surface area contributed by atoms with Crippen molar-refractivity contribution in [2.75, 3.05) is 19.6 Å². The van der Waals surface area contributed by atoms with Gasteiger partial charge in [-0.15, -0.1) is 0 Å². The Morgan fingerprint density at radius 2 is 1.83 bits per heavy atom. The van der Waals surface area contributed by atoms with Crippen molar-refractivity contribution in [1.82, 2.24) is 9.62 Å². The summed E-state index contributed by atoms with van der Waals surface area (Å²) in [6.45, 7) is 3.09. The number of hydrogen-bond acceptors (Lipinski definition) is 3. The molecule has 4 nitrogen and oxygen atoms in total. The zero-order valence-corrected chi connectivity index (χ0v) is 10.7. The van der Waals surface area contributed by atoms with Gasteiger partial charge in [-0.25, -0.2) is 17.2 Å². The summed E-state index contributed by atoms with van der Waals surface area (Å²) in [5, 5.41) is 2.97. The molecule has 0 saturated carbocycles. The van der Waals surface area contributed by atoms with Crippen LogP contribution in [0.4, 0.5) is 8.78 Å². The Bertz CT molecular complexity index is 524. The molecule has 0 radical (unpaired) electrons. The molecule has 1 aromatic carbocycles. The number of hydrogen-bond donors (Lipinski definition) is 1. The van der Waals surface area contributed by atoms with E-state index < -0.39 is 21.7 Å². The maximum absolute atomic E-state index is 13.1. The molecule has 1 saturated heterocycles. The minimum Gasteiger partial charge on any atom is -0.313 e. The molecule has 1 aliphatic rings. The van der Waals surface area contributed by atoms with Crippen LogP contribution in [-0.4, -0.2) is 38.4 Å². The second-order valence-electron chi connectivity index (χ2n) is 4.13. The third-order valence-corrected chi connectivity index (χ3v) is 4.93. The Morgan fingerprint density at radius 1 is 1.28 bits per heavy atom. The highest BCUT2D eigenvalue weighted by molar-refractivity contribution is 7.89. The van der Waals surface area contributed by atoms with Crippen molar-refractivity contribution >= 4 is 10.0 Å². The Morgan fingerprint density at radius 3 is 2.22 bits per heavy atom. The molecule has 0 bridgehead atoms. The van der Waals surface area contributed by atoms with E-state index in [4.69, 9.17) is 0 Å². The quantitative estimate of drug-likeness (QED) is 0.890. The standard InChI is InChI=1S/C11H14F2N2O2S/c1-2-15(10-6-14-7-10)18(16,17)11-4-8(12)3-9(13)5-11/h3-5,10,14H,2,6-7H2,1H3. The number of rotatable bonds is 4. The number of benzene rings is 1. The highest BCUT2D eigenvalue weighted by Gasteiger charge is 2.34. The molecular formula is C11H14F2N2O2S. The van der Waals surface area contributed by atoms with E-state index in [0.29, 0.717) is 19.2 Å². The van der Waals surface area contributed by atoms with Crippen LogP contribution in [0.2, 0.25) is 0 Å². The van der Waals surface area contributed by atoms with Gasteiger partial charge in [-0.05, 0) is 12.1 Å². The van der Waals surface area contributed by atoms with Crippen LogP contribution in [0.3, 0.4) is 0 Å². The fourth-order valence-corrected chi connectivity index (χ4v) is 3.59. The van der Waals surface area contributed by atoms with Crippen LogP contribution in [-0.2, 0) is 10.0 Å². The molecule has 2 rings (SSSR count). The summed E-state index contributed by atoms with van der Waals surface area (Å²) >= 11 is 0. The van der Waals surface area contributed by atoms with Crippen LogP contribution in [0, 0.1) is 11.6 Å². The van der Waals surface area contributed by atoms with Gasteiger partial charge >= 0.3 is 0 Å². The molecule has 18 heavy (non-hydrogen) atoms. The third-order valence-electron chi connectivity index (χ3n) is 2.92. The van der Waals surface area contributed by atoms with Crippen molar-refractivity contribution in [3.8, 4) is 0 Å². The van der Waals surface area contributed by atoms with Crippen molar-refractivity contribution in [3.63, 3.8) is 0 Å². The zero-order valence-electron chi connectivity index (χ0n) is 9.86. The summed E-state index contributed by atoms with van der Waals surface area (Å²) in [5.41, 5.74) is 0. The normalized spacial score (nSPS) is 16.9. The second-order valence-corrected chi connectivity index (χ2v) is 6.02. The predicted molar refractivity (Wildman–Crippen MR) is 62.6 cm³/mol. The molecule has 1 heterocycles. The summed E-state index contributed by atoms with van der Waals surface area (Å²) in [4.78, 5) is -0.339. The van der Waals surface area contributed by atoms with Gasteiger partial charge in [-0.2, -0.15) is 4.31 Å². The average Bonchev–Trinajstić information content (AvgIpc) is 2.21. The first-order chi connectivity index (χ1) is 8.45. The van der Waals surface area contributed by atoms with Gasteiger partial charge in [0.1, 0.15) is 11.6 Å². The van der Waals surface area contributed by atoms with Crippen molar-refractivity contribution < 1.29 is 17.2 Å². The maximum atomic E-state index is 13.1.